The molecule has 1 fully saturated rings. The summed E-state index contributed by atoms with van der Waals surface area (Å²) in [6.45, 7) is 8.37. The number of rotatable bonds is 7. The molecular weight excluding hydrogens is 501 g/mol. The Balaban J connectivity index is 0.00000300. The summed E-state index contributed by atoms with van der Waals surface area (Å²) < 4.78 is 7.74. The van der Waals surface area contributed by atoms with Gasteiger partial charge in [-0.25, -0.2) is 0 Å². The number of aliphatic imine (C=N–C) groups is 1. The van der Waals surface area contributed by atoms with E-state index in [2.05, 4.69) is 28.4 Å². The molecule has 29 heavy (non-hydrogen) atoms. The average Bonchev–Trinajstić information content (AvgIpc) is 3.31. The van der Waals surface area contributed by atoms with Gasteiger partial charge in [0, 0.05) is 56.8 Å². The van der Waals surface area contributed by atoms with Crippen molar-refractivity contribution in [1.82, 2.24) is 20.0 Å². The molecule has 1 aliphatic heterocycles. The highest BCUT2D eigenvalue weighted by Gasteiger charge is 2.26. The van der Waals surface area contributed by atoms with Gasteiger partial charge >= 0.3 is 0 Å². The Hall–Kier alpha value is -1.48. The lowest BCUT2D eigenvalue weighted by atomic mass is 10.0. The number of likely N-dealkylation sites (tertiary alicyclic amines) is 1. The van der Waals surface area contributed by atoms with E-state index in [1.807, 2.05) is 43.0 Å². The number of nitrogens with one attached hydrogen (secondary N) is 1. The molecule has 1 atom stereocenters. The largest absolute Gasteiger partial charge is 0.493 e. The molecule has 1 unspecified atom stereocenters. The summed E-state index contributed by atoms with van der Waals surface area (Å²) in [6.07, 6.45) is 6.11. The molecule has 1 aromatic heterocycles. The molecule has 0 radical (unpaired) electrons. The highest BCUT2D eigenvalue weighted by atomic mass is 127. The van der Waals surface area contributed by atoms with Gasteiger partial charge in [-0.05, 0) is 49.6 Å². The normalized spacial score (nSPS) is 16.6. The van der Waals surface area contributed by atoms with Gasteiger partial charge < -0.3 is 15.0 Å². The van der Waals surface area contributed by atoms with Crippen LogP contribution in [0, 0.1) is 6.92 Å². The van der Waals surface area contributed by atoms with Crippen LogP contribution in [-0.2, 0) is 7.05 Å². The summed E-state index contributed by atoms with van der Waals surface area (Å²) in [5.74, 6) is 2.41. The van der Waals surface area contributed by atoms with Gasteiger partial charge in [-0.15, -0.1) is 24.0 Å². The van der Waals surface area contributed by atoms with E-state index in [-0.39, 0.29) is 24.0 Å². The predicted octanol–water partition coefficient (Wildman–Crippen LogP) is 4.22. The molecule has 6 nitrogen and oxygen atoms in total. The van der Waals surface area contributed by atoms with E-state index in [4.69, 9.17) is 21.3 Å². The van der Waals surface area contributed by atoms with Crippen LogP contribution in [0.5, 0.6) is 5.75 Å². The van der Waals surface area contributed by atoms with E-state index in [0.717, 1.165) is 61.3 Å². The topological polar surface area (TPSA) is 54.7 Å². The molecule has 2 heterocycles. The summed E-state index contributed by atoms with van der Waals surface area (Å²) in [7, 11) is 1.97. The van der Waals surface area contributed by atoms with Crippen LogP contribution in [0.15, 0.2) is 35.6 Å². The van der Waals surface area contributed by atoms with Crippen molar-refractivity contribution in [2.45, 2.75) is 32.6 Å². The van der Waals surface area contributed by atoms with Crippen LogP contribution < -0.4 is 10.1 Å². The minimum Gasteiger partial charge on any atom is -0.493 e. The zero-order valence-electron chi connectivity index (χ0n) is 17.4. The third kappa shape index (κ3) is 6.77. The fraction of sp³-hybridized carbons (Fsp3) is 0.524. The Bertz CT molecular complexity index is 810. The van der Waals surface area contributed by atoms with Crippen molar-refractivity contribution >= 4 is 41.5 Å². The fourth-order valence-electron chi connectivity index (χ4n) is 3.51. The first-order valence-corrected chi connectivity index (χ1v) is 10.4. The zero-order chi connectivity index (χ0) is 19.9. The second-order valence-corrected chi connectivity index (χ2v) is 7.66. The van der Waals surface area contributed by atoms with Crippen molar-refractivity contribution in [3.63, 3.8) is 0 Å². The predicted molar refractivity (Wildman–Crippen MR) is 130 cm³/mol. The third-order valence-corrected chi connectivity index (χ3v) is 5.21. The summed E-state index contributed by atoms with van der Waals surface area (Å²) in [6, 6.07) is 5.70. The molecule has 1 N–H and O–H groups in total. The Morgan fingerprint density at radius 3 is 2.93 bits per heavy atom. The third-order valence-electron chi connectivity index (χ3n) is 4.98. The van der Waals surface area contributed by atoms with Crippen LogP contribution in [0.2, 0.25) is 5.02 Å². The van der Waals surface area contributed by atoms with Crippen molar-refractivity contribution in [3.8, 4) is 5.75 Å². The average molecular weight is 532 g/mol. The Morgan fingerprint density at radius 2 is 2.24 bits per heavy atom. The summed E-state index contributed by atoms with van der Waals surface area (Å²) in [5, 5.41) is 8.47. The van der Waals surface area contributed by atoms with Crippen LogP contribution >= 0.6 is 35.6 Å². The van der Waals surface area contributed by atoms with Gasteiger partial charge in [0.25, 0.3) is 0 Å². The lowest BCUT2D eigenvalue weighted by Gasteiger charge is -2.21. The fourth-order valence-corrected chi connectivity index (χ4v) is 3.73. The van der Waals surface area contributed by atoms with Gasteiger partial charge in [-0.3, -0.25) is 9.67 Å². The highest BCUT2D eigenvalue weighted by molar-refractivity contribution is 14.0. The first-order valence-electron chi connectivity index (χ1n) is 9.97. The number of aromatic nitrogens is 2. The number of hydrogen-bond donors (Lipinski definition) is 1. The molecule has 1 saturated heterocycles. The molecule has 3 rings (SSSR count). The Kier molecular flexibility index (Phi) is 9.55. The van der Waals surface area contributed by atoms with E-state index in [1.54, 1.807) is 0 Å². The van der Waals surface area contributed by atoms with Crippen LogP contribution in [0.25, 0.3) is 0 Å². The Labute approximate surface area is 195 Å². The lowest BCUT2D eigenvalue weighted by Crippen LogP contribution is -2.40. The van der Waals surface area contributed by atoms with E-state index < -0.39 is 0 Å². The molecule has 0 amide bonds. The van der Waals surface area contributed by atoms with E-state index in [1.165, 1.54) is 5.56 Å². The first kappa shape index (κ1) is 23.8. The molecule has 160 valence electrons. The zero-order valence-corrected chi connectivity index (χ0v) is 20.5. The second kappa shape index (κ2) is 11.6. The lowest BCUT2D eigenvalue weighted by molar-refractivity contribution is 0.311. The molecule has 1 aliphatic rings. The minimum atomic E-state index is 0. The molecule has 1 aromatic carbocycles. The standard InChI is InChI=1S/C21H30ClN5O.HI/c1-4-23-21(27-10-8-17(15-27)18-13-25-26(3)14-18)24-9-5-11-28-20-7-6-19(22)12-16(20)2;/h6-7,12-14,17H,4-5,8-11,15H2,1-3H3,(H,23,24);1H. The maximum Gasteiger partial charge on any atom is 0.193 e. The minimum absolute atomic E-state index is 0. The molecule has 8 heteroatoms. The number of halogens is 2. The van der Waals surface area contributed by atoms with Gasteiger partial charge in [-0.2, -0.15) is 5.10 Å². The van der Waals surface area contributed by atoms with Crippen molar-refractivity contribution in [2.75, 3.05) is 32.8 Å². The van der Waals surface area contributed by atoms with Crippen LogP contribution in [0.4, 0.5) is 0 Å². The van der Waals surface area contributed by atoms with Crippen molar-refractivity contribution in [3.05, 3.63) is 46.7 Å². The van der Waals surface area contributed by atoms with Crippen LogP contribution in [-0.4, -0.2) is 53.4 Å². The second-order valence-electron chi connectivity index (χ2n) is 7.23. The van der Waals surface area contributed by atoms with Crippen molar-refractivity contribution < 1.29 is 4.74 Å². The van der Waals surface area contributed by atoms with Gasteiger partial charge in [0.15, 0.2) is 5.96 Å². The number of ether oxygens (including phenoxy) is 1. The summed E-state index contributed by atoms with van der Waals surface area (Å²) >= 11 is 5.99. The smallest absolute Gasteiger partial charge is 0.193 e. The molecule has 0 aliphatic carbocycles. The van der Waals surface area contributed by atoms with Gasteiger partial charge in [0.05, 0.1) is 12.8 Å². The monoisotopic (exact) mass is 531 g/mol. The molecule has 2 aromatic rings. The number of hydrogen-bond acceptors (Lipinski definition) is 3. The maximum atomic E-state index is 5.99. The van der Waals surface area contributed by atoms with Crippen molar-refractivity contribution in [2.24, 2.45) is 12.0 Å². The molecule has 0 saturated carbocycles. The molecule has 0 spiro atoms. The van der Waals surface area contributed by atoms with Crippen LogP contribution in [0.3, 0.4) is 0 Å². The van der Waals surface area contributed by atoms with Crippen LogP contribution in [0.1, 0.15) is 36.8 Å². The summed E-state index contributed by atoms with van der Waals surface area (Å²) in [5.41, 5.74) is 2.37. The number of benzene rings is 1. The molecule has 0 bridgehead atoms. The van der Waals surface area contributed by atoms with Crippen molar-refractivity contribution in [1.29, 1.82) is 0 Å². The SMILES string of the molecule is CCNC(=NCCCOc1ccc(Cl)cc1C)N1CCC(c2cnn(C)c2)C1.I. The Morgan fingerprint density at radius 1 is 1.41 bits per heavy atom. The summed E-state index contributed by atoms with van der Waals surface area (Å²) in [4.78, 5) is 7.16. The number of nitrogens with zero attached hydrogens (tertiary/aromatic N) is 4. The highest BCUT2D eigenvalue weighted by Crippen LogP contribution is 2.26. The van der Waals surface area contributed by atoms with E-state index >= 15 is 0 Å². The van der Waals surface area contributed by atoms with Gasteiger partial charge in [-0.1, -0.05) is 11.6 Å². The number of guanidine groups is 1. The maximum absolute atomic E-state index is 5.99. The van der Waals surface area contributed by atoms with Gasteiger partial charge in [0.1, 0.15) is 5.75 Å². The van der Waals surface area contributed by atoms with Gasteiger partial charge in [0.2, 0.25) is 0 Å². The molecular formula is C21H31ClIN5O. The number of aryl methyl sites for hydroxylation is 2. The first-order chi connectivity index (χ1) is 13.6. The van der Waals surface area contributed by atoms with E-state index in [9.17, 15) is 0 Å². The van der Waals surface area contributed by atoms with E-state index in [0.29, 0.717) is 12.5 Å². The quantitative estimate of drug-likeness (QED) is 0.252.